The predicted molar refractivity (Wildman–Crippen MR) is 87.8 cm³/mol. The normalized spacial score (nSPS) is 11.0. The molecule has 24 heavy (non-hydrogen) atoms. The zero-order chi connectivity index (χ0) is 17.3. The van der Waals surface area contributed by atoms with Gasteiger partial charge in [-0.3, -0.25) is 0 Å². The van der Waals surface area contributed by atoms with Gasteiger partial charge in [0.15, 0.2) is 0 Å². The molecule has 0 amide bonds. The van der Waals surface area contributed by atoms with Crippen LogP contribution in [0, 0.1) is 13.8 Å². The average Bonchev–Trinajstić information content (AvgIpc) is 3.17. The first kappa shape index (κ1) is 15.9. The van der Waals surface area contributed by atoms with Crippen LogP contribution in [0.5, 0.6) is 5.75 Å². The summed E-state index contributed by atoms with van der Waals surface area (Å²) in [4.78, 5) is 11.8. The quantitative estimate of drug-likeness (QED) is 0.753. The summed E-state index contributed by atoms with van der Waals surface area (Å²) in [6.45, 7) is 3.69. The van der Waals surface area contributed by atoms with Gasteiger partial charge in [-0.1, -0.05) is 6.07 Å². The standard InChI is InChI=1S/C19H18O5/c1-11-4-8-16(23-11)18(17-9-5-12(2)24-17)14-7-6-13(22-3)10-15(14)19(20)21/h4-10,18H,1-3H3,(H,20,21). The van der Waals surface area contributed by atoms with Gasteiger partial charge >= 0.3 is 5.97 Å². The molecule has 5 heteroatoms. The van der Waals surface area contributed by atoms with E-state index in [0.29, 0.717) is 22.8 Å². The first-order valence-electron chi connectivity index (χ1n) is 7.53. The third kappa shape index (κ3) is 2.93. The Bertz CT molecular complexity index is 831. The first-order chi connectivity index (χ1) is 11.5. The van der Waals surface area contributed by atoms with Crippen LogP contribution in [0.15, 0.2) is 51.3 Å². The molecular formula is C19H18O5. The lowest BCUT2D eigenvalue weighted by atomic mass is 9.90. The maximum Gasteiger partial charge on any atom is 0.336 e. The largest absolute Gasteiger partial charge is 0.497 e. The van der Waals surface area contributed by atoms with Crippen LogP contribution in [0.25, 0.3) is 0 Å². The minimum absolute atomic E-state index is 0.155. The van der Waals surface area contributed by atoms with E-state index in [4.69, 9.17) is 13.6 Å². The molecule has 3 aromatic rings. The van der Waals surface area contributed by atoms with Gasteiger partial charge in [0.2, 0.25) is 0 Å². The van der Waals surface area contributed by atoms with Crippen LogP contribution in [0.1, 0.15) is 44.9 Å². The highest BCUT2D eigenvalue weighted by molar-refractivity contribution is 5.90. The lowest BCUT2D eigenvalue weighted by molar-refractivity contribution is 0.0695. The molecule has 0 unspecified atom stereocenters. The van der Waals surface area contributed by atoms with E-state index in [9.17, 15) is 9.90 Å². The average molecular weight is 326 g/mol. The summed E-state index contributed by atoms with van der Waals surface area (Å²) in [7, 11) is 1.50. The number of rotatable bonds is 5. The van der Waals surface area contributed by atoms with Crippen molar-refractivity contribution in [1.29, 1.82) is 0 Å². The molecule has 2 heterocycles. The van der Waals surface area contributed by atoms with E-state index in [1.165, 1.54) is 13.2 Å². The van der Waals surface area contributed by atoms with Crippen molar-refractivity contribution in [3.8, 4) is 5.75 Å². The molecule has 1 N–H and O–H groups in total. The molecule has 0 radical (unpaired) electrons. The van der Waals surface area contributed by atoms with Crippen LogP contribution in [0.4, 0.5) is 0 Å². The molecule has 124 valence electrons. The monoisotopic (exact) mass is 326 g/mol. The minimum atomic E-state index is -1.03. The highest BCUT2D eigenvalue weighted by Gasteiger charge is 2.28. The SMILES string of the molecule is COc1ccc(C(c2ccc(C)o2)c2ccc(C)o2)c(C(=O)O)c1. The second-order valence-electron chi connectivity index (χ2n) is 5.59. The number of methoxy groups -OCH3 is 1. The van der Waals surface area contributed by atoms with Crippen LogP contribution in [0.2, 0.25) is 0 Å². The summed E-state index contributed by atoms with van der Waals surface area (Å²) in [5.41, 5.74) is 0.745. The minimum Gasteiger partial charge on any atom is -0.497 e. The number of furan rings is 2. The lowest BCUT2D eigenvalue weighted by Gasteiger charge is -2.16. The highest BCUT2D eigenvalue weighted by atomic mass is 16.5. The molecule has 5 nitrogen and oxygen atoms in total. The van der Waals surface area contributed by atoms with Gasteiger partial charge in [0.25, 0.3) is 0 Å². The highest BCUT2D eigenvalue weighted by Crippen LogP contribution is 2.37. The molecule has 0 aliphatic rings. The maximum absolute atomic E-state index is 11.8. The molecule has 0 saturated heterocycles. The molecule has 0 aliphatic heterocycles. The number of benzene rings is 1. The van der Waals surface area contributed by atoms with Gasteiger partial charge in [0.1, 0.15) is 34.7 Å². The Balaban J connectivity index is 2.21. The van der Waals surface area contributed by atoms with Gasteiger partial charge in [-0.2, -0.15) is 0 Å². The number of hydrogen-bond acceptors (Lipinski definition) is 4. The number of hydrogen-bond donors (Lipinski definition) is 1. The smallest absolute Gasteiger partial charge is 0.336 e. The molecule has 0 spiro atoms. The summed E-state index contributed by atoms with van der Waals surface area (Å²) in [6.07, 6.45) is 0. The van der Waals surface area contributed by atoms with Crippen LogP contribution in [0.3, 0.4) is 0 Å². The van der Waals surface area contributed by atoms with Crippen LogP contribution in [-0.4, -0.2) is 18.2 Å². The zero-order valence-electron chi connectivity index (χ0n) is 13.7. The third-order valence-corrected chi connectivity index (χ3v) is 3.89. The van der Waals surface area contributed by atoms with E-state index < -0.39 is 11.9 Å². The number of aromatic carboxylic acids is 1. The number of carboxylic acid groups (broad SMARTS) is 1. The van der Waals surface area contributed by atoms with Crippen molar-refractivity contribution < 1.29 is 23.5 Å². The van der Waals surface area contributed by atoms with Crippen molar-refractivity contribution >= 4 is 5.97 Å². The zero-order valence-corrected chi connectivity index (χ0v) is 13.7. The molecule has 1 aromatic carbocycles. The van der Waals surface area contributed by atoms with Crippen molar-refractivity contribution in [2.75, 3.05) is 7.11 Å². The summed E-state index contributed by atoms with van der Waals surface area (Å²) in [5.74, 6) is 1.79. The molecule has 3 rings (SSSR count). The summed E-state index contributed by atoms with van der Waals surface area (Å²) >= 11 is 0. The van der Waals surface area contributed by atoms with Crippen LogP contribution < -0.4 is 4.74 Å². The van der Waals surface area contributed by atoms with Crippen molar-refractivity contribution in [3.05, 3.63) is 76.6 Å². The Morgan fingerprint density at radius 3 is 2.00 bits per heavy atom. The molecule has 0 bridgehead atoms. The Hall–Kier alpha value is -2.95. The number of ether oxygens (including phenoxy) is 1. The van der Waals surface area contributed by atoms with Gasteiger partial charge in [-0.25, -0.2) is 4.79 Å². The molecule has 0 atom stereocenters. The van der Waals surface area contributed by atoms with Gasteiger partial charge < -0.3 is 18.7 Å². The van der Waals surface area contributed by atoms with E-state index in [2.05, 4.69) is 0 Å². The fourth-order valence-corrected chi connectivity index (χ4v) is 2.76. The summed E-state index contributed by atoms with van der Waals surface area (Å²) in [5, 5.41) is 9.62. The van der Waals surface area contributed by atoms with Crippen LogP contribution >= 0.6 is 0 Å². The number of carboxylic acids is 1. The van der Waals surface area contributed by atoms with Crippen LogP contribution in [-0.2, 0) is 0 Å². The van der Waals surface area contributed by atoms with Crippen molar-refractivity contribution in [2.24, 2.45) is 0 Å². The molecule has 0 aliphatic carbocycles. The van der Waals surface area contributed by atoms with Gasteiger partial charge in [0, 0.05) is 0 Å². The summed E-state index contributed by atoms with van der Waals surface area (Å²) in [6, 6.07) is 12.4. The fraction of sp³-hybridized carbons (Fsp3) is 0.211. The first-order valence-corrected chi connectivity index (χ1v) is 7.53. The van der Waals surface area contributed by atoms with Gasteiger partial charge in [0.05, 0.1) is 12.7 Å². The van der Waals surface area contributed by atoms with E-state index in [1.54, 1.807) is 12.1 Å². The maximum atomic E-state index is 11.8. The second kappa shape index (κ2) is 6.28. The van der Waals surface area contributed by atoms with E-state index in [-0.39, 0.29) is 5.56 Å². The topological polar surface area (TPSA) is 72.8 Å². The molecule has 0 saturated carbocycles. The van der Waals surface area contributed by atoms with Crippen molar-refractivity contribution in [3.63, 3.8) is 0 Å². The molecular weight excluding hydrogens is 308 g/mol. The lowest BCUT2D eigenvalue weighted by Crippen LogP contribution is -2.09. The van der Waals surface area contributed by atoms with Gasteiger partial charge in [-0.05, 0) is 55.8 Å². The number of carbonyl (C=O) groups is 1. The third-order valence-electron chi connectivity index (χ3n) is 3.89. The Morgan fingerprint density at radius 1 is 1.00 bits per heavy atom. The molecule has 2 aromatic heterocycles. The fourth-order valence-electron chi connectivity index (χ4n) is 2.76. The van der Waals surface area contributed by atoms with E-state index in [1.807, 2.05) is 38.1 Å². The second-order valence-corrected chi connectivity index (χ2v) is 5.59. The Labute approximate surface area is 139 Å². The van der Waals surface area contributed by atoms with E-state index in [0.717, 1.165) is 11.5 Å². The Morgan fingerprint density at radius 2 is 1.58 bits per heavy atom. The predicted octanol–water partition coefficient (Wildman–Crippen LogP) is 4.38. The van der Waals surface area contributed by atoms with Gasteiger partial charge in [-0.15, -0.1) is 0 Å². The van der Waals surface area contributed by atoms with E-state index >= 15 is 0 Å². The summed E-state index contributed by atoms with van der Waals surface area (Å²) < 4.78 is 16.7. The number of aryl methyl sites for hydroxylation is 2. The molecule has 0 fully saturated rings. The Kier molecular flexibility index (Phi) is 4.16. The van der Waals surface area contributed by atoms with Crippen molar-refractivity contribution in [1.82, 2.24) is 0 Å². The van der Waals surface area contributed by atoms with Crippen molar-refractivity contribution in [2.45, 2.75) is 19.8 Å².